The van der Waals surface area contributed by atoms with Gasteiger partial charge in [-0.3, -0.25) is 4.98 Å². The van der Waals surface area contributed by atoms with Crippen molar-refractivity contribution in [2.75, 3.05) is 13.1 Å². The minimum absolute atomic E-state index is 0.143. The zero-order chi connectivity index (χ0) is 14.6. The molecule has 0 spiro atoms. The molecule has 1 N–H and O–H groups in total. The average Bonchev–Trinajstić information content (AvgIpc) is 2.41. The van der Waals surface area contributed by atoms with Crippen molar-refractivity contribution in [1.82, 2.24) is 10.3 Å². The van der Waals surface area contributed by atoms with Gasteiger partial charge in [-0.15, -0.1) is 0 Å². The molecule has 2 atom stereocenters. The summed E-state index contributed by atoms with van der Waals surface area (Å²) in [6.45, 7) is 8.82. The molecule has 0 aromatic carbocycles. The predicted octanol–water partition coefficient (Wildman–Crippen LogP) is 4.13. The maximum absolute atomic E-state index is 14.1. The summed E-state index contributed by atoms with van der Waals surface area (Å²) < 4.78 is 14.1. The summed E-state index contributed by atoms with van der Waals surface area (Å²) in [6.07, 6.45) is 7.69. The maximum Gasteiger partial charge on any atom is 0.144 e. The van der Waals surface area contributed by atoms with E-state index < -0.39 is 0 Å². The second-order valence-electron chi connectivity index (χ2n) is 6.87. The van der Waals surface area contributed by atoms with Crippen LogP contribution in [0.4, 0.5) is 4.39 Å². The van der Waals surface area contributed by atoms with Gasteiger partial charge in [0.15, 0.2) is 0 Å². The topological polar surface area (TPSA) is 24.9 Å². The van der Waals surface area contributed by atoms with Gasteiger partial charge in [0.2, 0.25) is 0 Å². The van der Waals surface area contributed by atoms with E-state index in [1.165, 1.54) is 19.0 Å². The zero-order valence-corrected chi connectivity index (χ0v) is 13.0. The van der Waals surface area contributed by atoms with Crippen LogP contribution in [0.5, 0.6) is 0 Å². The van der Waals surface area contributed by atoms with Crippen LogP contribution in [-0.4, -0.2) is 18.1 Å². The summed E-state index contributed by atoms with van der Waals surface area (Å²) in [5.74, 6) is 0.702. The average molecular weight is 278 g/mol. The molecule has 1 aliphatic carbocycles. The van der Waals surface area contributed by atoms with Crippen molar-refractivity contribution in [2.45, 2.75) is 52.4 Å². The van der Waals surface area contributed by atoms with E-state index in [1.54, 1.807) is 6.20 Å². The maximum atomic E-state index is 14.1. The monoisotopic (exact) mass is 278 g/mol. The number of pyridine rings is 1. The van der Waals surface area contributed by atoms with E-state index in [2.05, 4.69) is 31.1 Å². The number of hydrogen-bond donors (Lipinski definition) is 1. The molecule has 2 nitrogen and oxygen atoms in total. The van der Waals surface area contributed by atoms with Crippen molar-refractivity contribution >= 4 is 0 Å². The molecule has 0 radical (unpaired) electrons. The third-order valence-electron chi connectivity index (χ3n) is 4.57. The number of nitrogens with one attached hydrogen (secondary N) is 1. The molecule has 1 aliphatic rings. The van der Waals surface area contributed by atoms with Crippen molar-refractivity contribution < 1.29 is 4.39 Å². The molecule has 1 aromatic heterocycles. The lowest BCUT2D eigenvalue weighted by Crippen LogP contribution is -2.35. The van der Waals surface area contributed by atoms with Gasteiger partial charge in [-0.05, 0) is 67.7 Å². The summed E-state index contributed by atoms with van der Waals surface area (Å²) in [5.41, 5.74) is 1.16. The summed E-state index contributed by atoms with van der Waals surface area (Å²) in [5, 5.41) is 3.51. The van der Waals surface area contributed by atoms with Gasteiger partial charge in [-0.2, -0.15) is 0 Å². The SMILES string of the molecule is CCCNCC1CCC(C)(C)CC1c1ccncc1F. The Hall–Kier alpha value is -0.960. The highest BCUT2D eigenvalue weighted by Gasteiger charge is 2.36. The number of hydrogen-bond acceptors (Lipinski definition) is 2. The molecule has 20 heavy (non-hydrogen) atoms. The molecule has 2 unspecified atom stereocenters. The van der Waals surface area contributed by atoms with Crippen LogP contribution in [0, 0.1) is 17.2 Å². The molecular formula is C17H27FN2. The van der Waals surface area contributed by atoms with Gasteiger partial charge in [-0.1, -0.05) is 20.8 Å². The van der Waals surface area contributed by atoms with Crippen LogP contribution >= 0.6 is 0 Å². The lowest BCUT2D eigenvalue weighted by atomic mass is 9.65. The Labute approximate surface area is 122 Å². The van der Waals surface area contributed by atoms with Crippen molar-refractivity contribution in [1.29, 1.82) is 0 Å². The lowest BCUT2D eigenvalue weighted by Gasteiger charge is -2.41. The Morgan fingerprint density at radius 3 is 2.95 bits per heavy atom. The van der Waals surface area contributed by atoms with E-state index in [1.807, 2.05) is 6.07 Å². The van der Waals surface area contributed by atoms with E-state index in [4.69, 9.17) is 0 Å². The number of nitrogens with zero attached hydrogens (tertiary/aromatic N) is 1. The molecule has 1 fully saturated rings. The molecule has 0 aliphatic heterocycles. The van der Waals surface area contributed by atoms with E-state index in [0.29, 0.717) is 17.3 Å². The second kappa shape index (κ2) is 6.66. The summed E-state index contributed by atoms with van der Waals surface area (Å²) in [4.78, 5) is 3.89. The first-order chi connectivity index (χ1) is 9.53. The Morgan fingerprint density at radius 2 is 2.25 bits per heavy atom. The third-order valence-corrected chi connectivity index (χ3v) is 4.57. The first kappa shape index (κ1) is 15.4. The standard InChI is InChI=1S/C17H27FN2/c1-4-8-19-11-13-5-7-17(2,3)10-15(13)14-6-9-20-12-16(14)18/h6,9,12-13,15,19H,4-5,7-8,10-11H2,1-3H3. The fourth-order valence-electron chi connectivity index (χ4n) is 3.40. The highest BCUT2D eigenvalue weighted by molar-refractivity contribution is 5.20. The summed E-state index contributed by atoms with van der Waals surface area (Å²) in [6, 6.07) is 1.87. The predicted molar refractivity (Wildman–Crippen MR) is 81.2 cm³/mol. The molecule has 3 heteroatoms. The molecule has 112 valence electrons. The molecular weight excluding hydrogens is 251 g/mol. The van der Waals surface area contributed by atoms with E-state index in [9.17, 15) is 4.39 Å². The Morgan fingerprint density at radius 1 is 1.45 bits per heavy atom. The van der Waals surface area contributed by atoms with Crippen molar-refractivity contribution in [3.05, 3.63) is 29.8 Å². The van der Waals surface area contributed by atoms with Gasteiger partial charge in [0.05, 0.1) is 6.20 Å². The highest BCUT2D eigenvalue weighted by Crippen LogP contribution is 2.46. The Bertz CT molecular complexity index is 431. The van der Waals surface area contributed by atoms with Crippen molar-refractivity contribution in [2.24, 2.45) is 11.3 Å². The van der Waals surface area contributed by atoms with Crippen LogP contribution in [0.15, 0.2) is 18.5 Å². The van der Waals surface area contributed by atoms with Crippen LogP contribution in [0.2, 0.25) is 0 Å². The number of halogens is 1. The Kier molecular flexibility index (Phi) is 5.14. The van der Waals surface area contributed by atoms with Crippen LogP contribution in [-0.2, 0) is 0 Å². The minimum atomic E-state index is -0.143. The smallest absolute Gasteiger partial charge is 0.144 e. The third kappa shape index (κ3) is 3.78. The molecule has 1 saturated carbocycles. The normalized spacial score (nSPS) is 25.6. The fraction of sp³-hybridized carbons (Fsp3) is 0.706. The quantitative estimate of drug-likeness (QED) is 0.819. The lowest BCUT2D eigenvalue weighted by molar-refractivity contribution is 0.157. The molecule has 0 amide bonds. The van der Waals surface area contributed by atoms with Crippen LogP contribution < -0.4 is 5.32 Å². The van der Waals surface area contributed by atoms with Crippen molar-refractivity contribution in [3.63, 3.8) is 0 Å². The highest BCUT2D eigenvalue weighted by atomic mass is 19.1. The van der Waals surface area contributed by atoms with Gasteiger partial charge in [0.1, 0.15) is 5.82 Å². The first-order valence-electron chi connectivity index (χ1n) is 7.83. The van der Waals surface area contributed by atoms with Gasteiger partial charge in [0, 0.05) is 6.20 Å². The zero-order valence-electron chi connectivity index (χ0n) is 13.0. The van der Waals surface area contributed by atoms with Gasteiger partial charge < -0.3 is 5.32 Å². The summed E-state index contributed by atoms with van der Waals surface area (Å²) in [7, 11) is 0. The van der Waals surface area contributed by atoms with Crippen LogP contribution in [0.1, 0.15) is 57.9 Å². The number of rotatable bonds is 5. The largest absolute Gasteiger partial charge is 0.316 e. The van der Waals surface area contributed by atoms with E-state index in [-0.39, 0.29) is 5.82 Å². The van der Waals surface area contributed by atoms with Crippen molar-refractivity contribution in [3.8, 4) is 0 Å². The van der Waals surface area contributed by atoms with Crippen LogP contribution in [0.25, 0.3) is 0 Å². The Balaban J connectivity index is 2.16. The second-order valence-corrected chi connectivity index (χ2v) is 6.87. The fourth-order valence-corrected chi connectivity index (χ4v) is 3.40. The summed E-state index contributed by atoms with van der Waals surface area (Å²) >= 11 is 0. The van der Waals surface area contributed by atoms with E-state index in [0.717, 1.165) is 31.5 Å². The van der Waals surface area contributed by atoms with E-state index >= 15 is 0 Å². The van der Waals surface area contributed by atoms with Gasteiger partial charge >= 0.3 is 0 Å². The van der Waals surface area contributed by atoms with Crippen LogP contribution in [0.3, 0.4) is 0 Å². The minimum Gasteiger partial charge on any atom is -0.316 e. The molecule has 1 heterocycles. The number of aromatic nitrogens is 1. The first-order valence-corrected chi connectivity index (χ1v) is 7.83. The van der Waals surface area contributed by atoms with Gasteiger partial charge in [-0.25, -0.2) is 4.39 Å². The molecule has 2 rings (SSSR count). The molecule has 0 saturated heterocycles. The molecule has 1 aromatic rings. The molecule has 0 bridgehead atoms. The van der Waals surface area contributed by atoms with Gasteiger partial charge in [0.25, 0.3) is 0 Å².